The number of aromatic nitrogens is 1. The minimum atomic E-state index is -4.33. The van der Waals surface area contributed by atoms with E-state index in [0.717, 1.165) is 49.2 Å². The van der Waals surface area contributed by atoms with E-state index in [-0.39, 0.29) is 6.04 Å². The van der Waals surface area contributed by atoms with Crippen LogP contribution in [0, 0.1) is 0 Å². The number of rotatable bonds is 4. The molecule has 25 heavy (non-hydrogen) atoms. The van der Waals surface area contributed by atoms with Crippen LogP contribution in [0.15, 0.2) is 42.7 Å². The van der Waals surface area contributed by atoms with Crippen LogP contribution < -0.4 is 9.64 Å². The third-order valence-corrected chi connectivity index (χ3v) is 4.65. The third-order valence-electron chi connectivity index (χ3n) is 4.65. The fourth-order valence-electron chi connectivity index (χ4n) is 3.42. The molecule has 134 valence electrons. The predicted octanol–water partition coefficient (Wildman–Crippen LogP) is 5.58. The Morgan fingerprint density at radius 2 is 1.72 bits per heavy atom. The summed E-state index contributed by atoms with van der Waals surface area (Å²) in [7, 11) is 1.59. The van der Waals surface area contributed by atoms with Crippen molar-refractivity contribution in [3.8, 4) is 5.75 Å². The Labute approximate surface area is 145 Å². The highest BCUT2D eigenvalue weighted by atomic mass is 19.4. The molecule has 1 aromatic carbocycles. The van der Waals surface area contributed by atoms with Gasteiger partial charge in [-0.1, -0.05) is 19.3 Å². The van der Waals surface area contributed by atoms with Crippen LogP contribution in [0.4, 0.5) is 24.5 Å². The molecule has 0 aliphatic heterocycles. The number of halogens is 3. The van der Waals surface area contributed by atoms with Crippen molar-refractivity contribution < 1.29 is 17.9 Å². The first-order valence-electron chi connectivity index (χ1n) is 8.45. The zero-order valence-electron chi connectivity index (χ0n) is 14.1. The summed E-state index contributed by atoms with van der Waals surface area (Å²) in [4.78, 5) is 6.26. The maximum absolute atomic E-state index is 12.9. The Morgan fingerprint density at radius 3 is 2.32 bits per heavy atom. The van der Waals surface area contributed by atoms with Crippen LogP contribution in [0.3, 0.4) is 0 Å². The van der Waals surface area contributed by atoms with Crippen LogP contribution in [-0.2, 0) is 6.18 Å². The number of hydrogen-bond donors (Lipinski definition) is 0. The number of benzene rings is 1. The Balaban J connectivity index is 2.02. The number of methoxy groups -OCH3 is 1. The van der Waals surface area contributed by atoms with E-state index in [1.807, 2.05) is 0 Å². The first-order valence-corrected chi connectivity index (χ1v) is 8.45. The fraction of sp³-hybridized carbons (Fsp3) is 0.421. The highest BCUT2D eigenvalue weighted by molar-refractivity contribution is 5.69. The lowest BCUT2D eigenvalue weighted by molar-refractivity contribution is -0.137. The number of hydrogen-bond acceptors (Lipinski definition) is 3. The molecular weight excluding hydrogens is 329 g/mol. The summed E-state index contributed by atoms with van der Waals surface area (Å²) in [6.45, 7) is 0. The summed E-state index contributed by atoms with van der Waals surface area (Å²) in [5.41, 5.74) is 0.876. The summed E-state index contributed by atoms with van der Waals surface area (Å²) in [6, 6.07) is 7.33. The zero-order valence-corrected chi connectivity index (χ0v) is 14.1. The molecule has 3 nitrogen and oxygen atoms in total. The van der Waals surface area contributed by atoms with Crippen molar-refractivity contribution in [2.24, 2.45) is 0 Å². The van der Waals surface area contributed by atoms with Gasteiger partial charge in [0.2, 0.25) is 0 Å². The van der Waals surface area contributed by atoms with Gasteiger partial charge in [0.25, 0.3) is 0 Å². The van der Waals surface area contributed by atoms with E-state index in [0.29, 0.717) is 5.75 Å². The van der Waals surface area contributed by atoms with Gasteiger partial charge < -0.3 is 9.64 Å². The second-order valence-corrected chi connectivity index (χ2v) is 6.25. The molecule has 0 saturated heterocycles. The number of nitrogens with zero attached hydrogens (tertiary/aromatic N) is 2. The van der Waals surface area contributed by atoms with Gasteiger partial charge in [0.15, 0.2) is 0 Å². The largest absolute Gasteiger partial charge is 0.494 e. The normalized spacial score (nSPS) is 15.8. The third kappa shape index (κ3) is 3.89. The molecule has 1 aromatic heterocycles. The molecule has 0 radical (unpaired) electrons. The van der Waals surface area contributed by atoms with Gasteiger partial charge in [-0.15, -0.1) is 0 Å². The number of ether oxygens (including phenoxy) is 1. The van der Waals surface area contributed by atoms with Gasteiger partial charge in [0.05, 0.1) is 18.9 Å². The van der Waals surface area contributed by atoms with E-state index in [2.05, 4.69) is 9.88 Å². The molecular formula is C19H21F3N2O. The minimum absolute atomic E-state index is 0.226. The van der Waals surface area contributed by atoms with E-state index in [4.69, 9.17) is 4.74 Å². The minimum Gasteiger partial charge on any atom is -0.494 e. The molecule has 1 heterocycles. The Kier molecular flexibility index (Phi) is 5.16. The second-order valence-electron chi connectivity index (χ2n) is 6.25. The zero-order chi connectivity index (χ0) is 17.9. The molecule has 1 aliphatic rings. The summed E-state index contributed by atoms with van der Waals surface area (Å²) in [5, 5.41) is 0. The molecule has 0 spiro atoms. The lowest BCUT2D eigenvalue weighted by Gasteiger charge is -2.36. The fourth-order valence-corrected chi connectivity index (χ4v) is 3.42. The molecule has 0 unspecified atom stereocenters. The molecule has 3 rings (SSSR count). The van der Waals surface area contributed by atoms with Gasteiger partial charge in [-0.2, -0.15) is 13.2 Å². The summed E-state index contributed by atoms with van der Waals surface area (Å²) < 4.78 is 44.1. The van der Waals surface area contributed by atoms with E-state index in [1.54, 1.807) is 25.6 Å². The number of pyridine rings is 1. The Hall–Kier alpha value is -2.24. The van der Waals surface area contributed by atoms with Crippen LogP contribution >= 0.6 is 0 Å². The highest BCUT2D eigenvalue weighted by Gasteiger charge is 2.31. The lowest BCUT2D eigenvalue weighted by atomic mass is 9.93. The lowest BCUT2D eigenvalue weighted by Crippen LogP contribution is -2.33. The molecule has 0 atom stereocenters. The molecule has 1 aliphatic carbocycles. The predicted molar refractivity (Wildman–Crippen MR) is 91.2 cm³/mol. The van der Waals surface area contributed by atoms with E-state index in [9.17, 15) is 13.2 Å². The van der Waals surface area contributed by atoms with Crippen LogP contribution in [0.1, 0.15) is 37.7 Å². The molecule has 2 aromatic rings. The SMILES string of the molecule is COc1ccncc1N(c1ccc(C(F)(F)F)cc1)C1CCCCC1. The average Bonchev–Trinajstić information content (AvgIpc) is 2.63. The van der Waals surface area contributed by atoms with Crippen molar-refractivity contribution in [1.82, 2.24) is 4.98 Å². The second kappa shape index (κ2) is 7.33. The van der Waals surface area contributed by atoms with Crippen LogP contribution in [0.2, 0.25) is 0 Å². The Morgan fingerprint density at radius 1 is 1.04 bits per heavy atom. The standard InChI is InChI=1S/C19H21F3N2O/c1-25-18-11-12-23-13-17(18)24(15-5-3-2-4-6-15)16-9-7-14(8-10-16)19(20,21)22/h7-13,15H,2-6H2,1H3. The van der Waals surface area contributed by atoms with E-state index < -0.39 is 11.7 Å². The van der Waals surface area contributed by atoms with E-state index >= 15 is 0 Å². The van der Waals surface area contributed by atoms with Crippen molar-refractivity contribution in [2.45, 2.75) is 44.3 Å². The van der Waals surface area contributed by atoms with Crippen molar-refractivity contribution in [3.05, 3.63) is 48.3 Å². The van der Waals surface area contributed by atoms with Gasteiger partial charge in [-0.25, -0.2) is 0 Å². The van der Waals surface area contributed by atoms with Gasteiger partial charge in [0, 0.05) is 24.0 Å². The number of alkyl halides is 3. The number of anilines is 2. The molecule has 0 amide bonds. The van der Waals surface area contributed by atoms with Crippen LogP contribution in [0.25, 0.3) is 0 Å². The van der Waals surface area contributed by atoms with Gasteiger partial charge in [0.1, 0.15) is 11.4 Å². The maximum Gasteiger partial charge on any atom is 0.416 e. The first kappa shape index (κ1) is 17.6. The summed E-state index contributed by atoms with van der Waals surface area (Å²) in [6.07, 6.45) is 4.45. The van der Waals surface area contributed by atoms with Crippen LogP contribution in [0.5, 0.6) is 5.75 Å². The van der Waals surface area contributed by atoms with Gasteiger partial charge in [-0.3, -0.25) is 4.98 Å². The van der Waals surface area contributed by atoms with E-state index in [1.165, 1.54) is 18.6 Å². The summed E-state index contributed by atoms with van der Waals surface area (Å²) >= 11 is 0. The smallest absolute Gasteiger partial charge is 0.416 e. The quantitative estimate of drug-likeness (QED) is 0.720. The molecule has 1 fully saturated rings. The molecule has 0 N–H and O–H groups in total. The summed E-state index contributed by atoms with van der Waals surface area (Å²) in [5.74, 6) is 0.667. The Bertz CT molecular complexity index is 695. The van der Waals surface area contributed by atoms with Crippen molar-refractivity contribution >= 4 is 11.4 Å². The van der Waals surface area contributed by atoms with Crippen molar-refractivity contribution in [2.75, 3.05) is 12.0 Å². The van der Waals surface area contributed by atoms with Gasteiger partial charge in [-0.05, 0) is 37.1 Å². The van der Waals surface area contributed by atoms with Crippen molar-refractivity contribution in [1.29, 1.82) is 0 Å². The topological polar surface area (TPSA) is 25.4 Å². The average molecular weight is 350 g/mol. The van der Waals surface area contributed by atoms with Crippen molar-refractivity contribution in [3.63, 3.8) is 0 Å². The first-order chi connectivity index (χ1) is 12.0. The highest BCUT2D eigenvalue weighted by Crippen LogP contribution is 2.39. The monoisotopic (exact) mass is 350 g/mol. The van der Waals surface area contributed by atoms with Crippen LogP contribution in [-0.4, -0.2) is 18.1 Å². The van der Waals surface area contributed by atoms with Gasteiger partial charge >= 0.3 is 6.18 Å². The maximum atomic E-state index is 12.9. The molecule has 6 heteroatoms. The molecule has 0 bridgehead atoms. The molecule has 1 saturated carbocycles.